The van der Waals surface area contributed by atoms with Gasteiger partial charge < -0.3 is 9.47 Å². The Balaban J connectivity index is 2.38. The minimum absolute atomic E-state index is 0.0379. The first-order chi connectivity index (χ1) is 10.2. The molecule has 0 fully saturated rings. The van der Waals surface area contributed by atoms with E-state index in [9.17, 15) is 0 Å². The van der Waals surface area contributed by atoms with Gasteiger partial charge in [-0.1, -0.05) is 24.3 Å². The third kappa shape index (κ3) is 9.22. The highest BCUT2D eigenvalue weighted by Gasteiger charge is 2.11. The molecule has 0 aliphatic carbocycles. The topological polar surface area (TPSA) is 18.5 Å². The van der Waals surface area contributed by atoms with Crippen molar-refractivity contribution < 1.29 is 9.47 Å². The van der Waals surface area contributed by atoms with Gasteiger partial charge >= 0.3 is 0 Å². The molecular formula is C20H34O2. The molecule has 1 rings (SSSR count). The molecule has 0 heterocycles. The molecule has 0 unspecified atom stereocenters. The SMILES string of the molecule is CC(C)(C)OCCCc1ccccc1CCCOC(C)(C)C. The van der Waals surface area contributed by atoms with Crippen LogP contribution >= 0.6 is 0 Å². The number of hydrogen-bond acceptors (Lipinski definition) is 2. The summed E-state index contributed by atoms with van der Waals surface area (Å²) in [5.41, 5.74) is 2.83. The zero-order chi connectivity index (χ0) is 16.6. The molecule has 0 saturated carbocycles. The Hall–Kier alpha value is -0.860. The summed E-state index contributed by atoms with van der Waals surface area (Å²) in [5.74, 6) is 0. The van der Waals surface area contributed by atoms with Crippen LogP contribution in [0.15, 0.2) is 24.3 Å². The van der Waals surface area contributed by atoms with Crippen LogP contribution in [0.25, 0.3) is 0 Å². The van der Waals surface area contributed by atoms with Crippen LogP contribution in [-0.2, 0) is 22.3 Å². The molecule has 0 aliphatic heterocycles. The molecule has 126 valence electrons. The highest BCUT2D eigenvalue weighted by molar-refractivity contribution is 5.27. The van der Waals surface area contributed by atoms with Crippen LogP contribution in [0, 0.1) is 0 Å². The van der Waals surface area contributed by atoms with Gasteiger partial charge in [0.1, 0.15) is 0 Å². The molecule has 0 N–H and O–H groups in total. The maximum absolute atomic E-state index is 5.81. The lowest BCUT2D eigenvalue weighted by molar-refractivity contribution is -0.00463. The van der Waals surface area contributed by atoms with Crippen LogP contribution in [0.4, 0.5) is 0 Å². The Morgan fingerprint density at radius 2 is 1.05 bits per heavy atom. The van der Waals surface area contributed by atoms with Crippen LogP contribution in [0.1, 0.15) is 65.5 Å². The molecular weight excluding hydrogens is 272 g/mol. The molecule has 0 aromatic heterocycles. The summed E-state index contributed by atoms with van der Waals surface area (Å²) in [6.45, 7) is 14.3. The summed E-state index contributed by atoms with van der Waals surface area (Å²) in [7, 11) is 0. The molecule has 1 aromatic carbocycles. The molecule has 0 radical (unpaired) electrons. The van der Waals surface area contributed by atoms with Crippen molar-refractivity contribution in [2.24, 2.45) is 0 Å². The number of hydrogen-bond donors (Lipinski definition) is 0. The van der Waals surface area contributed by atoms with E-state index in [4.69, 9.17) is 9.47 Å². The van der Waals surface area contributed by atoms with Gasteiger partial charge in [0.15, 0.2) is 0 Å². The average molecular weight is 306 g/mol. The molecule has 1 aromatic rings. The molecule has 0 bridgehead atoms. The van der Waals surface area contributed by atoms with Crippen LogP contribution in [-0.4, -0.2) is 24.4 Å². The maximum Gasteiger partial charge on any atom is 0.0598 e. The lowest BCUT2D eigenvalue weighted by atomic mass is 9.99. The Morgan fingerprint density at radius 1 is 0.682 bits per heavy atom. The van der Waals surface area contributed by atoms with E-state index >= 15 is 0 Å². The summed E-state index contributed by atoms with van der Waals surface area (Å²) in [4.78, 5) is 0. The highest BCUT2D eigenvalue weighted by Crippen LogP contribution is 2.16. The third-order valence-corrected chi connectivity index (χ3v) is 3.37. The Bertz CT molecular complexity index is 383. The van der Waals surface area contributed by atoms with E-state index in [0.29, 0.717) is 0 Å². The van der Waals surface area contributed by atoms with Gasteiger partial charge in [-0.2, -0.15) is 0 Å². The first kappa shape index (κ1) is 19.2. The van der Waals surface area contributed by atoms with E-state index in [1.54, 1.807) is 0 Å². The Labute approximate surface area is 137 Å². The Morgan fingerprint density at radius 3 is 1.36 bits per heavy atom. The third-order valence-electron chi connectivity index (χ3n) is 3.37. The van der Waals surface area contributed by atoms with Crippen molar-refractivity contribution in [3.63, 3.8) is 0 Å². The van der Waals surface area contributed by atoms with Crippen molar-refractivity contribution >= 4 is 0 Å². The molecule has 2 nitrogen and oxygen atoms in total. The normalized spacial score (nSPS) is 12.6. The van der Waals surface area contributed by atoms with Gasteiger partial charge in [0.05, 0.1) is 11.2 Å². The summed E-state index contributed by atoms with van der Waals surface area (Å²) < 4.78 is 11.6. The fourth-order valence-electron chi connectivity index (χ4n) is 2.33. The second-order valence-electron chi connectivity index (χ2n) is 7.90. The monoisotopic (exact) mass is 306 g/mol. The molecule has 22 heavy (non-hydrogen) atoms. The minimum atomic E-state index is -0.0379. The number of aryl methyl sites for hydroxylation is 2. The van der Waals surface area contributed by atoms with Crippen molar-refractivity contribution in [2.75, 3.05) is 13.2 Å². The van der Waals surface area contributed by atoms with E-state index in [1.165, 1.54) is 11.1 Å². The van der Waals surface area contributed by atoms with Crippen molar-refractivity contribution in [3.8, 4) is 0 Å². The number of benzene rings is 1. The van der Waals surface area contributed by atoms with Crippen molar-refractivity contribution in [3.05, 3.63) is 35.4 Å². The predicted octanol–water partition coefficient (Wildman–Crippen LogP) is 5.18. The van der Waals surface area contributed by atoms with E-state index < -0.39 is 0 Å². The standard InChI is InChI=1S/C20H34O2/c1-19(2,3)21-15-9-13-17-11-7-8-12-18(17)14-10-16-22-20(4,5)6/h7-8,11-12H,9-10,13-16H2,1-6H3. The number of rotatable bonds is 8. The van der Waals surface area contributed by atoms with Gasteiger partial charge in [-0.15, -0.1) is 0 Å². The van der Waals surface area contributed by atoms with Gasteiger partial charge in [-0.3, -0.25) is 0 Å². The van der Waals surface area contributed by atoms with Gasteiger partial charge in [0, 0.05) is 13.2 Å². The average Bonchev–Trinajstić information content (AvgIpc) is 2.39. The van der Waals surface area contributed by atoms with Crippen LogP contribution in [0.3, 0.4) is 0 Å². The summed E-state index contributed by atoms with van der Waals surface area (Å²) in [5, 5.41) is 0. The van der Waals surface area contributed by atoms with Gasteiger partial charge in [0.25, 0.3) is 0 Å². The van der Waals surface area contributed by atoms with Crippen molar-refractivity contribution in [1.29, 1.82) is 0 Å². The highest BCUT2D eigenvalue weighted by atomic mass is 16.5. The number of ether oxygens (including phenoxy) is 2. The summed E-state index contributed by atoms with van der Waals surface area (Å²) in [6.07, 6.45) is 4.33. The molecule has 0 amide bonds. The molecule has 0 saturated heterocycles. The fraction of sp³-hybridized carbons (Fsp3) is 0.700. The van der Waals surface area contributed by atoms with E-state index in [-0.39, 0.29) is 11.2 Å². The molecule has 0 atom stereocenters. The van der Waals surface area contributed by atoms with Crippen molar-refractivity contribution in [1.82, 2.24) is 0 Å². The molecule has 0 spiro atoms. The molecule has 2 heteroatoms. The zero-order valence-electron chi connectivity index (χ0n) is 15.4. The Kier molecular flexibility index (Phi) is 7.58. The van der Waals surface area contributed by atoms with Crippen LogP contribution in [0.2, 0.25) is 0 Å². The maximum atomic E-state index is 5.81. The predicted molar refractivity (Wildman–Crippen MR) is 94.5 cm³/mol. The first-order valence-corrected chi connectivity index (χ1v) is 8.52. The lowest BCUT2D eigenvalue weighted by Crippen LogP contribution is -2.20. The van der Waals surface area contributed by atoms with Gasteiger partial charge in [-0.05, 0) is 78.4 Å². The van der Waals surface area contributed by atoms with Crippen molar-refractivity contribution in [2.45, 2.75) is 78.4 Å². The van der Waals surface area contributed by atoms with E-state index in [2.05, 4.69) is 65.8 Å². The quantitative estimate of drug-likeness (QED) is 0.616. The van der Waals surface area contributed by atoms with E-state index in [0.717, 1.165) is 38.9 Å². The summed E-state index contributed by atoms with van der Waals surface area (Å²) in [6, 6.07) is 8.76. The minimum Gasteiger partial charge on any atom is -0.376 e. The smallest absolute Gasteiger partial charge is 0.0598 e. The first-order valence-electron chi connectivity index (χ1n) is 8.52. The van der Waals surface area contributed by atoms with Crippen LogP contribution in [0.5, 0.6) is 0 Å². The lowest BCUT2D eigenvalue weighted by Gasteiger charge is -2.20. The zero-order valence-corrected chi connectivity index (χ0v) is 15.4. The second-order valence-corrected chi connectivity index (χ2v) is 7.90. The summed E-state index contributed by atoms with van der Waals surface area (Å²) >= 11 is 0. The second kappa shape index (κ2) is 8.69. The van der Waals surface area contributed by atoms with E-state index in [1.807, 2.05) is 0 Å². The van der Waals surface area contributed by atoms with Gasteiger partial charge in [0.2, 0.25) is 0 Å². The largest absolute Gasteiger partial charge is 0.376 e. The van der Waals surface area contributed by atoms with Gasteiger partial charge in [-0.25, -0.2) is 0 Å². The van der Waals surface area contributed by atoms with Crippen LogP contribution < -0.4 is 0 Å². The molecule has 0 aliphatic rings. The fourth-order valence-corrected chi connectivity index (χ4v) is 2.33.